The van der Waals surface area contributed by atoms with Crippen molar-refractivity contribution >= 4 is 22.4 Å². The van der Waals surface area contributed by atoms with Gasteiger partial charge in [0.1, 0.15) is 24.4 Å². The summed E-state index contributed by atoms with van der Waals surface area (Å²) in [5.41, 5.74) is 5.79. The number of rotatable bonds is 8. The monoisotopic (exact) mass is 455 g/mol. The third kappa shape index (κ3) is 4.25. The Hall–Kier alpha value is -3.40. The van der Waals surface area contributed by atoms with Gasteiger partial charge in [-0.15, -0.1) is 0 Å². The predicted molar refractivity (Wildman–Crippen MR) is 143 cm³/mol. The molecule has 4 nitrogen and oxygen atoms in total. The van der Waals surface area contributed by atoms with E-state index >= 15 is 0 Å². The molecule has 0 bridgehead atoms. The number of hydrogen-bond donors (Lipinski definition) is 0. The SMILES string of the molecule is CCC(=O)c1ccccc1-c1c2ccc(=[N+](CC)CC)cc-2oc2cc(N(CC)CC)ccc12. The molecule has 4 heteroatoms. The van der Waals surface area contributed by atoms with E-state index in [1.807, 2.05) is 25.1 Å². The third-order valence-corrected chi connectivity index (χ3v) is 6.76. The number of carbonyl (C=O) groups excluding carboxylic acids is 1. The molecule has 0 N–H and O–H groups in total. The topological polar surface area (TPSA) is 36.5 Å². The van der Waals surface area contributed by atoms with Crippen LogP contribution in [0.3, 0.4) is 0 Å². The summed E-state index contributed by atoms with van der Waals surface area (Å²) in [6, 6.07) is 20.9. The molecular formula is C30H35N2O2+. The average molecular weight is 456 g/mol. The molecule has 1 aliphatic carbocycles. The number of carbonyl (C=O) groups is 1. The molecule has 2 aromatic rings. The maximum Gasteiger partial charge on any atom is 0.203 e. The zero-order valence-corrected chi connectivity index (χ0v) is 21.0. The van der Waals surface area contributed by atoms with Crippen LogP contribution in [0.4, 0.5) is 5.69 Å². The lowest BCUT2D eigenvalue weighted by molar-refractivity contribution is 0.0989. The lowest BCUT2D eigenvalue weighted by Gasteiger charge is -2.22. The van der Waals surface area contributed by atoms with Crippen LogP contribution in [0.15, 0.2) is 65.1 Å². The number of anilines is 1. The van der Waals surface area contributed by atoms with Crippen molar-refractivity contribution in [2.45, 2.75) is 41.0 Å². The molecule has 4 rings (SSSR count). The van der Waals surface area contributed by atoms with E-state index in [1.54, 1.807) is 0 Å². The first-order valence-electron chi connectivity index (χ1n) is 12.5. The van der Waals surface area contributed by atoms with Gasteiger partial charge in [-0.2, -0.15) is 0 Å². The van der Waals surface area contributed by atoms with Crippen molar-refractivity contribution < 1.29 is 9.21 Å². The minimum atomic E-state index is 0.150. The van der Waals surface area contributed by atoms with Crippen molar-refractivity contribution in [2.75, 3.05) is 31.1 Å². The Bertz CT molecular complexity index is 1360. The highest BCUT2D eigenvalue weighted by atomic mass is 16.3. The van der Waals surface area contributed by atoms with Gasteiger partial charge in [0.2, 0.25) is 5.36 Å². The van der Waals surface area contributed by atoms with Crippen LogP contribution >= 0.6 is 0 Å². The van der Waals surface area contributed by atoms with Crippen LogP contribution in [-0.4, -0.2) is 32.0 Å². The number of Topliss-reactive ketones (excluding diaryl/α,β-unsaturated/α-hetero) is 1. The van der Waals surface area contributed by atoms with Crippen molar-refractivity contribution in [3.8, 4) is 22.5 Å². The van der Waals surface area contributed by atoms with Gasteiger partial charge in [-0.25, -0.2) is 4.58 Å². The molecule has 0 saturated heterocycles. The molecule has 1 heterocycles. The Morgan fingerprint density at radius 2 is 1.59 bits per heavy atom. The van der Waals surface area contributed by atoms with Gasteiger partial charge in [0, 0.05) is 59.4 Å². The highest BCUT2D eigenvalue weighted by Crippen LogP contribution is 2.42. The largest absolute Gasteiger partial charge is 0.456 e. The number of ketones is 1. The van der Waals surface area contributed by atoms with Crippen LogP contribution in [0.5, 0.6) is 0 Å². The second kappa shape index (κ2) is 10.3. The molecule has 34 heavy (non-hydrogen) atoms. The summed E-state index contributed by atoms with van der Waals surface area (Å²) in [4.78, 5) is 15.2. The summed E-state index contributed by atoms with van der Waals surface area (Å²) >= 11 is 0. The minimum Gasteiger partial charge on any atom is -0.456 e. The molecular weight excluding hydrogens is 420 g/mol. The fourth-order valence-electron chi connectivity index (χ4n) is 4.86. The maximum absolute atomic E-state index is 12.9. The molecule has 2 aromatic carbocycles. The number of benzene rings is 3. The van der Waals surface area contributed by atoms with Crippen LogP contribution in [0, 0.1) is 0 Å². The van der Waals surface area contributed by atoms with E-state index < -0.39 is 0 Å². The normalized spacial score (nSPS) is 11.2. The van der Waals surface area contributed by atoms with E-state index in [0.29, 0.717) is 6.42 Å². The Balaban J connectivity index is 2.13. The van der Waals surface area contributed by atoms with Gasteiger partial charge in [-0.3, -0.25) is 4.79 Å². The molecule has 2 aliphatic rings. The summed E-state index contributed by atoms with van der Waals surface area (Å²) in [7, 11) is 0. The van der Waals surface area contributed by atoms with E-state index in [4.69, 9.17) is 4.42 Å². The standard InChI is InChI=1S/C30H35N2O2/c1-6-27(33)23-13-11-12-14-24(23)30-25-17-15-21(31(7-2)8-3)19-28(25)34-29-20-22(16-18-26(29)30)32(9-4)10-5/h11-20H,6-10H2,1-5H3/q+1. The van der Waals surface area contributed by atoms with Gasteiger partial charge in [0.15, 0.2) is 5.78 Å². The first-order chi connectivity index (χ1) is 16.6. The molecule has 0 saturated carbocycles. The first kappa shape index (κ1) is 23.7. The van der Waals surface area contributed by atoms with E-state index in [2.05, 4.69) is 79.6 Å². The smallest absolute Gasteiger partial charge is 0.203 e. The molecule has 176 valence electrons. The van der Waals surface area contributed by atoms with Crippen molar-refractivity contribution in [3.63, 3.8) is 0 Å². The molecule has 0 amide bonds. The lowest BCUT2D eigenvalue weighted by Crippen LogP contribution is -2.29. The summed E-state index contributed by atoms with van der Waals surface area (Å²) < 4.78 is 8.88. The van der Waals surface area contributed by atoms with E-state index in [0.717, 1.165) is 76.2 Å². The van der Waals surface area contributed by atoms with Crippen molar-refractivity contribution in [1.82, 2.24) is 4.58 Å². The van der Waals surface area contributed by atoms with Gasteiger partial charge in [0.25, 0.3) is 0 Å². The van der Waals surface area contributed by atoms with Crippen LogP contribution < -0.4 is 14.8 Å². The van der Waals surface area contributed by atoms with E-state index in [-0.39, 0.29) is 5.78 Å². The lowest BCUT2D eigenvalue weighted by atomic mass is 9.89. The molecule has 1 aliphatic heterocycles. The quantitative estimate of drug-likeness (QED) is 0.174. The number of nitrogens with zero attached hydrogens (tertiary/aromatic N) is 2. The Morgan fingerprint density at radius 3 is 2.26 bits per heavy atom. The molecule has 0 spiro atoms. The minimum absolute atomic E-state index is 0.150. The van der Waals surface area contributed by atoms with Gasteiger partial charge < -0.3 is 9.32 Å². The summed E-state index contributed by atoms with van der Waals surface area (Å²) in [5.74, 6) is 0.986. The molecule has 0 unspecified atom stereocenters. The highest BCUT2D eigenvalue weighted by molar-refractivity contribution is 6.09. The fourth-order valence-corrected chi connectivity index (χ4v) is 4.86. The number of hydrogen-bond acceptors (Lipinski definition) is 3. The molecule has 0 atom stereocenters. The average Bonchev–Trinajstić information content (AvgIpc) is 2.88. The Labute approximate surface area is 202 Å². The summed E-state index contributed by atoms with van der Waals surface area (Å²) in [6.07, 6.45) is 0.475. The van der Waals surface area contributed by atoms with Crippen LogP contribution in [0.2, 0.25) is 0 Å². The van der Waals surface area contributed by atoms with Crippen molar-refractivity contribution in [1.29, 1.82) is 0 Å². The first-order valence-corrected chi connectivity index (χ1v) is 12.5. The van der Waals surface area contributed by atoms with Gasteiger partial charge in [-0.05, 0) is 51.5 Å². The predicted octanol–water partition coefficient (Wildman–Crippen LogP) is 6.46. The van der Waals surface area contributed by atoms with Gasteiger partial charge in [0.05, 0.1) is 6.07 Å². The summed E-state index contributed by atoms with van der Waals surface area (Å²) in [5, 5.41) is 2.17. The van der Waals surface area contributed by atoms with Crippen LogP contribution in [-0.2, 0) is 0 Å². The Morgan fingerprint density at radius 1 is 0.853 bits per heavy atom. The molecule has 0 radical (unpaired) electrons. The zero-order chi connectivity index (χ0) is 24.2. The van der Waals surface area contributed by atoms with Crippen LogP contribution in [0.25, 0.3) is 33.4 Å². The fraction of sp³-hybridized carbons (Fsp3) is 0.333. The highest BCUT2D eigenvalue weighted by Gasteiger charge is 2.22. The second-order valence-electron chi connectivity index (χ2n) is 8.50. The van der Waals surface area contributed by atoms with Crippen molar-refractivity contribution in [3.05, 3.63) is 71.6 Å². The maximum atomic E-state index is 12.9. The van der Waals surface area contributed by atoms with Gasteiger partial charge >= 0.3 is 0 Å². The molecule has 0 aromatic heterocycles. The Kier molecular flexibility index (Phi) is 7.16. The third-order valence-electron chi connectivity index (χ3n) is 6.76. The van der Waals surface area contributed by atoms with Crippen LogP contribution in [0.1, 0.15) is 51.4 Å². The van der Waals surface area contributed by atoms with E-state index in [9.17, 15) is 4.79 Å². The summed E-state index contributed by atoms with van der Waals surface area (Å²) in [6.45, 7) is 14.3. The van der Waals surface area contributed by atoms with Gasteiger partial charge in [-0.1, -0.05) is 31.2 Å². The molecule has 0 fully saturated rings. The zero-order valence-electron chi connectivity index (χ0n) is 21.0. The van der Waals surface area contributed by atoms with Crippen molar-refractivity contribution in [2.24, 2.45) is 0 Å². The second-order valence-corrected chi connectivity index (χ2v) is 8.50. The van der Waals surface area contributed by atoms with E-state index in [1.165, 1.54) is 0 Å². The number of fused-ring (bicyclic) bond motifs is 2.